The molecule has 2 N–H and O–H groups in total. The summed E-state index contributed by atoms with van der Waals surface area (Å²) in [5.74, 6) is 0.317. The molecule has 6 rings (SSSR count). The van der Waals surface area contributed by atoms with Gasteiger partial charge in [-0.25, -0.2) is 9.59 Å². The summed E-state index contributed by atoms with van der Waals surface area (Å²) in [6.07, 6.45) is 3.86. The molecule has 3 aliphatic carbocycles. The number of benzene rings is 1. The molecule has 272 valence electrons. The summed E-state index contributed by atoms with van der Waals surface area (Å²) in [5, 5.41) is 6.23. The molecule has 3 saturated carbocycles. The summed E-state index contributed by atoms with van der Waals surface area (Å²) in [6, 6.07) is 5.47. The molecule has 0 aromatic heterocycles. The van der Waals surface area contributed by atoms with Crippen molar-refractivity contribution in [3.8, 4) is 5.75 Å². The number of carbonyl (C=O) groups excluding carboxylic acids is 3. The lowest BCUT2D eigenvalue weighted by atomic mass is 9.43. The monoisotopic (exact) mass is 683 g/mol. The second kappa shape index (κ2) is 14.1. The molecule has 2 bridgehead atoms. The first-order chi connectivity index (χ1) is 22.8. The number of hydrogen-bond donors (Lipinski definition) is 2. The summed E-state index contributed by atoms with van der Waals surface area (Å²) >= 11 is 0. The van der Waals surface area contributed by atoms with Gasteiger partial charge in [0.1, 0.15) is 22.5 Å². The van der Waals surface area contributed by atoms with E-state index in [-0.39, 0.29) is 23.5 Å². The number of rotatable bonds is 10. The lowest BCUT2D eigenvalue weighted by molar-refractivity contribution is -0.199. The maximum atomic E-state index is 13.6. The Labute approximate surface area is 293 Å². The highest BCUT2D eigenvalue weighted by Gasteiger charge is 2.68. The van der Waals surface area contributed by atoms with Gasteiger partial charge in [0.15, 0.2) is 0 Å². The number of alkyl carbamates (subject to hydrolysis) is 1. The first-order valence-electron chi connectivity index (χ1n) is 18.0. The van der Waals surface area contributed by atoms with Crippen molar-refractivity contribution in [3.05, 3.63) is 29.3 Å². The zero-order valence-electron chi connectivity index (χ0n) is 31.3. The highest BCUT2D eigenvalue weighted by molar-refractivity contribution is 6.48. The van der Waals surface area contributed by atoms with E-state index in [1.54, 1.807) is 13.2 Å². The van der Waals surface area contributed by atoms with Crippen LogP contribution in [0.5, 0.6) is 5.75 Å². The van der Waals surface area contributed by atoms with Crippen LogP contribution in [-0.2, 0) is 30.0 Å². The average molecular weight is 684 g/mol. The number of hydrogen-bond acceptors (Lipinski definition) is 9. The normalized spacial score (nSPS) is 27.4. The molecule has 12 heteroatoms. The average Bonchev–Trinajstić information content (AvgIpc) is 3.35. The van der Waals surface area contributed by atoms with Gasteiger partial charge in [-0.2, -0.15) is 0 Å². The van der Waals surface area contributed by atoms with E-state index in [2.05, 4.69) is 36.3 Å². The minimum Gasteiger partial charge on any atom is -0.496 e. The highest BCUT2D eigenvalue weighted by atomic mass is 16.7. The number of methoxy groups -OCH3 is 1. The molecule has 5 unspecified atom stereocenters. The van der Waals surface area contributed by atoms with Crippen LogP contribution in [0.2, 0.25) is 0 Å². The second-order valence-electron chi connectivity index (χ2n) is 17.2. The van der Waals surface area contributed by atoms with Crippen molar-refractivity contribution in [3.63, 3.8) is 0 Å². The molecule has 2 heterocycles. The third kappa shape index (κ3) is 8.56. The molecule has 0 spiro atoms. The van der Waals surface area contributed by atoms with Gasteiger partial charge in [0.2, 0.25) is 5.91 Å². The Hall–Kier alpha value is -2.83. The van der Waals surface area contributed by atoms with Gasteiger partial charge in [-0.15, -0.1) is 0 Å². The number of nitrogens with zero attached hydrogens (tertiary/aromatic N) is 1. The van der Waals surface area contributed by atoms with Crippen molar-refractivity contribution < 1.29 is 37.9 Å². The van der Waals surface area contributed by atoms with E-state index in [1.807, 2.05) is 53.7 Å². The van der Waals surface area contributed by atoms with E-state index in [0.717, 1.165) is 44.3 Å². The molecule has 5 aliphatic rings. The predicted molar refractivity (Wildman–Crippen MR) is 187 cm³/mol. The van der Waals surface area contributed by atoms with Crippen molar-refractivity contribution in [1.29, 1.82) is 0 Å². The van der Waals surface area contributed by atoms with E-state index in [0.29, 0.717) is 42.5 Å². The van der Waals surface area contributed by atoms with Gasteiger partial charge in [0.05, 0.1) is 24.8 Å². The van der Waals surface area contributed by atoms with Crippen LogP contribution in [0.4, 0.5) is 4.79 Å². The molecular weight excluding hydrogens is 625 g/mol. The number of ether oxygens (including phenoxy) is 3. The summed E-state index contributed by atoms with van der Waals surface area (Å²) < 4.78 is 30.4. The molecule has 1 aromatic carbocycles. The van der Waals surface area contributed by atoms with Gasteiger partial charge in [0, 0.05) is 32.1 Å². The summed E-state index contributed by atoms with van der Waals surface area (Å²) in [5.41, 5.74) is -0.365. The smallest absolute Gasteiger partial charge is 0.482 e. The van der Waals surface area contributed by atoms with Gasteiger partial charge in [-0.3, -0.25) is 4.79 Å². The maximum Gasteiger partial charge on any atom is 0.482 e. The zero-order chi connectivity index (χ0) is 35.9. The molecule has 1 aromatic rings. The number of likely N-dealkylation sites (tertiary alicyclic amines) is 1. The van der Waals surface area contributed by atoms with Crippen molar-refractivity contribution in [2.45, 2.75) is 136 Å². The largest absolute Gasteiger partial charge is 0.496 e. The quantitative estimate of drug-likeness (QED) is 0.249. The molecule has 49 heavy (non-hydrogen) atoms. The van der Waals surface area contributed by atoms with Crippen LogP contribution >= 0.6 is 0 Å². The number of amides is 2. The fraction of sp³-hybridized carbons (Fsp3) is 0.757. The first kappa shape index (κ1) is 37.4. The molecule has 5 fully saturated rings. The maximum absolute atomic E-state index is 13.6. The third-order valence-electron chi connectivity index (χ3n) is 11.0. The Kier molecular flexibility index (Phi) is 10.7. The standard InChI is InChI=1S/C37H58BN3O8/c1-34(2,3)46-32(43)26-13-11-12-23(31(26)45-10)20-29(38-48-28-22-24-21-27(36(24,7)8)37(28,9)49-38)40-30(42)16-19-41-17-14-25(15-18-41)39-33(44)47-35(4,5)6/h11-13,24-25,27-29H,14-22H2,1-10H3,(H,39,44)(H,40,42). The minimum absolute atomic E-state index is 0.0424. The molecule has 11 nitrogen and oxygen atoms in total. The van der Waals surface area contributed by atoms with Gasteiger partial charge in [-0.05, 0) is 109 Å². The topological polar surface area (TPSA) is 125 Å². The lowest BCUT2D eigenvalue weighted by Gasteiger charge is -2.64. The summed E-state index contributed by atoms with van der Waals surface area (Å²) in [7, 11) is 0.888. The second-order valence-corrected chi connectivity index (χ2v) is 17.2. The van der Waals surface area contributed by atoms with Crippen LogP contribution in [0.3, 0.4) is 0 Å². The van der Waals surface area contributed by atoms with Crippen molar-refractivity contribution >= 4 is 25.1 Å². The molecule has 5 atom stereocenters. The number of nitrogens with one attached hydrogen (secondary N) is 2. The fourth-order valence-corrected chi connectivity index (χ4v) is 8.32. The minimum atomic E-state index is -0.663. The Balaban J connectivity index is 1.26. The van der Waals surface area contributed by atoms with Crippen LogP contribution in [-0.4, -0.2) is 91.6 Å². The van der Waals surface area contributed by atoms with Crippen LogP contribution in [0.25, 0.3) is 0 Å². The Morgan fingerprint density at radius 2 is 1.69 bits per heavy atom. The third-order valence-corrected chi connectivity index (χ3v) is 11.0. The number of carbonyl (C=O) groups is 3. The highest BCUT2D eigenvalue weighted by Crippen LogP contribution is 2.65. The van der Waals surface area contributed by atoms with Gasteiger partial charge in [0.25, 0.3) is 0 Å². The van der Waals surface area contributed by atoms with Gasteiger partial charge >= 0.3 is 19.2 Å². The van der Waals surface area contributed by atoms with Crippen molar-refractivity contribution in [1.82, 2.24) is 15.5 Å². The van der Waals surface area contributed by atoms with E-state index < -0.39 is 41.9 Å². The first-order valence-corrected chi connectivity index (χ1v) is 18.0. The fourth-order valence-electron chi connectivity index (χ4n) is 8.32. The number of para-hydroxylation sites is 1. The lowest BCUT2D eigenvalue weighted by Crippen LogP contribution is -2.65. The van der Waals surface area contributed by atoms with E-state index in [9.17, 15) is 14.4 Å². The van der Waals surface area contributed by atoms with Crippen LogP contribution in [0.1, 0.15) is 110 Å². The zero-order valence-corrected chi connectivity index (χ0v) is 31.3. The van der Waals surface area contributed by atoms with Crippen LogP contribution in [0.15, 0.2) is 18.2 Å². The Morgan fingerprint density at radius 1 is 1.02 bits per heavy atom. The Morgan fingerprint density at radius 3 is 2.31 bits per heavy atom. The number of esters is 1. The molecule has 2 amide bonds. The van der Waals surface area contributed by atoms with Gasteiger partial charge < -0.3 is 39.1 Å². The van der Waals surface area contributed by atoms with E-state index in [1.165, 1.54) is 0 Å². The molecule has 2 saturated heterocycles. The summed E-state index contributed by atoms with van der Waals surface area (Å²) in [4.78, 5) is 41.2. The molecular formula is C37H58BN3O8. The van der Waals surface area contributed by atoms with Crippen molar-refractivity contribution in [2.24, 2.45) is 17.3 Å². The molecule has 2 aliphatic heterocycles. The van der Waals surface area contributed by atoms with Crippen molar-refractivity contribution in [2.75, 3.05) is 26.7 Å². The van der Waals surface area contributed by atoms with Crippen LogP contribution in [0, 0.1) is 17.3 Å². The van der Waals surface area contributed by atoms with E-state index in [4.69, 9.17) is 23.5 Å². The van der Waals surface area contributed by atoms with E-state index >= 15 is 0 Å². The SMILES string of the molecule is COc1c(CC(NC(=O)CCN2CCC(NC(=O)OC(C)(C)C)CC2)B2OC3CC4CC(C4(C)C)C3(C)O2)cccc1C(=O)OC(C)(C)C. The number of piperidine rings is 1. The van der Waals surface area contributed by atoms with Gasteiger partial charge in [-0.1, -0.05) is 26.0 Å². The van der Waals surface area contributed by atoms with Crippen LogP contribution < -0.4 is 15.4 Å². The predicted octanol–water partition coefficient (Wildman–Crippen LogP) is 5.32. The molecule has 0 radical (unpaired) electrons. The summed E-state index contributed by atoms with van der Waals surface area (Å²) in [6.45, 7) is 20.0. The Bertz CT molecular complexity index is 1380.